The highest BCUT2D eigenvalue weighted by Gasteiger charge is 2.22. The summed E-state index contributed by atoms with van der Waals surface area (Å²) in [6.45, 7) is 1.79. The average molecular weight is 284 g/mol. The smallest absolute Gasteiger partial charge is 0.310 e. The normalized spacial score (nSPS) is 20.2. The van der Waals surface area contributed by atoms with Crippen LogP contribution < -0.4 is 5.32 Å². The lowest BCUT2D eigenvalue weighted by molar-refractivity contribution is -0.383. The Balaban J connectivity index is 2.07. The maximum atomic E-state index is 11.0. The van der Waals surface area contributed by atoms with Gasteiger partial charge in [-0.3, -0.25) is 10.1 Å². The van der Waals surface area contributed by atoms with E-state index in [4.69, 9.17) is 11.6 Å². The fourth-order valence-electron chi connectivity index (χ4n) is 2.47. The van der Waals surface area contributed by atoms with Crippen LogP contribution in [0.3, 0.4) is 0 Å². The van der Waals surface area contributed by atoms with Crippen molar-refractivity contribution in [3.05, 3.63) is 33.3 Å². The largest absolute Gasteiger partial charge is 0.378 e. The van der Waals surface area contributed by atoms with E-state index >= 15 is 0 Å². The summed E-state index contributed by atoms with van der Waals surface area (Å²) in [7, 11) is 2.10. The first-order chi connectivity index (χ1) is 9.09. The summed E-state index contributed by atoms with van der Waals surface area (Å²) >= 11 is 5.88. The highest BCUT2D eigenvalue weighted by molar-refractivity contribution is 6.33. The number of hydrogen-bond donors (Lipinski definition) is 1. The Morgan fingerprint density at radius 1 is 1.53 bits per heavy atom. The van der Waals surface area contributed by atoms with Crippen LogP contribution in [0.5, 0.6) is 0 Å². The van der Waals surface area contributed by atoms with Crippen LogP contribution in [-0.2, 0) is 0 Å². The van der Waals surface area contributed by atoms with E-state index in [1.807, 2.05) is 0 Å². The summed E-state index contributed by atoms with van der Waals surface area (Å²) in [5.74, 6) is 0. The monoisotopic (exact) mass is 283 g/mol. The van der Waals surface area contributed by atoms with Crippen molar-refractivity contribution in [3.63, 3.8) is 0 Å². The number of anilines is 1. The quantitative estimate of drug-likeness (QED) is 0.681. The van der Waals surface area contributed by atoms with E-state index in [0.29, 0.717) is 18.3 Å². The number of benzene rings is 1. The highest BCUT2D eigenvalue weighted by atomic mass is 35.5. The second kappa shape index (κ2) is 6.21. The summed E-state index contributed by atoms with van der Waals surface area (Å²) < 4.78 is 0. The summed E-state index contributed by atoms with van der Waals surface area (Å²) in [5.41, 5.74) is 0.458. The zero-order chi connectivity index (χ0) is 13.8. The van der Waals surface area contributed by atoms with Gasteiger partial charge in [0.2, 0.25) is 0 Å². The standard InChI is InChI=1S/C13H18ClN3O2/c1-16-8-3-2-5-10(16)9-15-12-7-4-6-11(14)13(12)17(18)19/h4,6-7,10,15H,2-3,5,8-9H2,1H3. The van der Waals surface area contributed by atoms with E-state index in [-0.39, 0.29) is 10.7 Å². The second-order valence-corrected chi connectivity index (χ2v) is 5.31. The Morgan fingerprint density at radius 2 is 2.32 bits per heavy atom. The van der Waals surface area contributed by atoms with E-state index in [9.17, 15) is 10.1 Å². The molecule has 1 fully saturated rings. The molecule has 0 bridgehead atoms. The van der Waals surface area contributed by atoms with Crippen molar-refractivity contribution in [2.45, 2.75) is 25.3 Å². The molecule has 1 atom stereocenters. The van der Waals surface area contributed by atoms with Gasteiger partial charge < -0.3 is 10.2 Å². The lowest BCUT2D eigenvalue weighted by Crippen LogP contribution is -2.40. The van der Waals surface area contributed by atoms with Crippen molar-refractivity contribution >= 4 is 23.0 Å². The molecule has 1 unspecified atom stereocenters. The van der Waals surface area contributed by atoms with Gasteiger partial charge in [-0.25, -0.2) is 0 Å². The Labute approximate surface area is 117 Å². The van der Waals surface area contributed by atoms with Gasteiger partial charge in [0.15, 0.2) is 0 Å². The van der Waals surface area contributed by atoms with Crippen molar-refractivity contribution in [2.75, 3.05) is 25.5 Å². The molecule has 2 rings (SSSR count). The third-order valence-electron chi connectivity index (χ3n) is 3.62. The van der Waals surface area contributed by atoms with E-state index in [2.05, 4.69) is 17.3 Å². The fourth-order valence-corrected chi connectivity index (χ4v) is 2.72. The van der Waals surface area contributed by atoms with Gasteiger partial charge in [0.05, 0.1) is 4.92 Å². The molecular weight excluding hydrogens is 266 g/mol. The van der Waals surface area contributed by atoms with Crippen LogP contribution >= 0.6 is 11.6 Å². The minimum Gasteiger partial charge on any atom is -0.378 e. The molecule has 0 aromatic heterocycles. The highest BCUT2D eigenvalue weighted by Crippen LogP contribution is 2.32. The number of likely N-dealkylation sites (tertiary alicyclic amines) is 1. The van der Waals surface area contributed by atoms with Crippen LogP contribution in [0.1, 0.15) is 19.3 Å². The molecule has 0 radical (unpaired) electrons. The van der Waals surface area contributed by atoms with Gasteiger partial charge in [-0.2, -0.15) is 0 Å². The van der Waals surface area contributed by atoms with Crippen molar-refractivity contribution < 1.29 is 4.92 Å². The zero-order valence-electron chi connectivity index (χ0n) is 10.9. The molecule has 0 spiro atoms. The van der Waals surface area contributed by atoms with Crippen LogP contribution in [0, 0.1) is 10.1 Å². The number of nitrogens with one attached hydrogen (secondary N) is 1. The van der Waals surface area contributed by atoms with E-state index in [1.165, 1.54) is 18.9 Å². The van der Waals surface area contributed by atoms with Gasteiger partial charge in [0.25, 0.3) is 0 Å². The number of nitro benzene ring substituents is 1. The number of para-hydroxylation sites is 1. The first kappa shape index (κ1) is 14.1. The number of nitrogens with zero attached hydrogens (tertiary/aromatic N) is 2. The number of hydrogen-bond acceptors (Lipinski definition) is 4. The average Bonchev–Trinajstić information content (AvgIpc) is 2.37. The van der Waals surface area contributed by atoms with Crippen LogP contribution in [0.15, 0.2) is 18.2 Å². The minimum atomic E-state index is -0.435. The predicted molar refractivity (Wildman–Crippen MR) is 76.9 cm³/mol. The van der Waals surface area contributed by atoms with E-state index in [0.717, 1.165) is 13.0 Å². The molecule has 6 heteroatoms. The van der Waals surface area contributed by atoms with E-state index in [1.54, 1.807) is 12.1 Å². The molecule has 1 aliphatic heterocycles. The molecule has 0 amide bonds. The summed E-state index contributed by atoms with van der Waals surface area (Å²) in [5, 5.41) is 14.4. The van der Waals surface area contributed by atoms with Crippen LogP contribution in [0.4, 0.5) is 11.4 Å². The minimum absolute atomic E-state index is 0.0392. The Bertz CT molecular complexity index is 467. The number of nitro groups is 1. The topological polar surface area (TPSA) is 58.4 Å². The van der Waals surface area contributed by atoms with Gasteiger partial charge in [-0.15, -0.1) is 0 Å². The maximum absolute atomic E-state index is 11.0. The van der Waals surface area contributed by atoms with Gasteiger partial charge in [-0.05, 0) is 38.6 Å². The number of halogens is 1. The molecule has 1 aliphatic rings. The molecule has 19 heavy (non-hydrogen) atoms. The first-order valence-corrected chi connectivity index (χ1v) is 6.84. The molecule has 104 valence electrons. The third-order valence-corrected chi connectivity index (χ3v) is 3.92. The zero-order valence-corrected chi connectivity index (χ0v) is 11.7. The van der Waals surface area contributed by atoms with Crippen molar-refractivity contribution in [1.29, 1.82) is 0 Å². The van der Waals surface area contributed by atoms with Gasteiger partial charge in [0.1, 0.15) is 10.7 Å². The molecular formula is C13H18ClN3O2. The van der Waals surface area contributed by atoms with Crippen LogP contribution in [0.25, 0.3) is 0 Å². The van der Waals surface area contributed by atoms with E-state index < -0.39 is 4.92 Å². The van der Waals surface area contributed by atoms with Gasteiger partial charge in [-0.1, -0.05) is 24.1 Å². The Morgan fingerprint density at radius 3 is 3.00 bits per heavy atom. The Kier molecular flexibility index (Phi) is 4.61. The fraction of sp³-hybridized carbons (Fsp3) is 0.538. The number of piperidine rings is 1. The molecule has 1 aromatic carbocycles. The van der Waals surface area contributed by atoms with Crippen molar-refractivity contribution in [2.24, 2.45) is 0 Å². The lowest BCUT2D eigenvalue weighted by Gasteiger charge is -2.32. The van der Waals surface area contributed by atoms with Crippen LogP contribution in [0.2, 0.25) is 5.02 Å². The first-order valence-electron chi connectivity index (χ1n) is 6.46. The molecule has 0 aliphatic carbocycles. The third kappa shape index (κ3) is 3.36. The summed E-state index contributed by atoms with van der Waals surface area (Å²) in [6, 6.07) is 5.39. The number of rotatable bonds is 4. The molecule has 5 nitrogen and oxygen atoms in total. The molecule has 0 saturated carbocycles. The van der Waals surface area contributed by atoms with Crippen molar-refractivity contribution in [3.8, 4) is 0 Å². The van der Waals surface area contributed by atoms with Crippen LogP contribution in [-0.4, -0.2) is 36.0 Å². The lowest BCUT2D eigenvalue weighted by atomic mass is 10.0. The molecule has 1 N–H and O–H groups in total. The van der Waals surface area contributed by atoms with Gasteiger partial charge in [0, 0.05) is 12.6 Å². The van der Waals surface area contributed by atoms with Gasteiger partial charge >= 0.3 is 5.69 Å². The SMILES string of the molecule is CN1CCCCC1CNc1cccc(Cl)c1[N+](=O)[O-]. The Hall–Kier alpha value is -1.33. The summed E-state index contributed by atoms with van der Waals surface area (Å²) in [4.78, 5) is 12.9. The summed E-state index contributed by atoms with van der Waals surface area (Å²) in [6.07, 6.45) is 3.57. The second-order valence-electron chi connectivity index (χ2n) is 4.90. The van der Waals surface area contributed by atoms with Crippen molar-refractivity contribution in [1.82, 2.24) is 4.90 Å². The predicted octanol–water partition coefficient (Wildman–Crippen LogP) is 3.14. The molecule has 1 saturated heterocycles. The number of likely N-dealkylation sites (N-methyl/N-ethyl adjacent to an activating group) is 1. The molecule has 1 heterocycles. The molecule has 1 aromatic rings. The maximum Gasteiger partial charge on any atom is 0.310 e.